The predicted octanol–water partition coefficient (Wildman–Crippen LogP) is 11.9. The Labute approximate surface area is 259 Å². The van der Waals surface area contributed by atoms with Crippen molar-refractivity contribution >= 4 is 49.4 Å². The molecule has 1 nitrogen and oxygen atoms in total. The zero-order valence-electron chi connectivity index (χ0n) is 25.0. The second kappa shape index (κ2) is 10.7. The monoisotopic (exact) mass is 563 g/mol. The second-order valence-corrected chi connectivity index (χ2v) is 11.9. The average Bonchev–Trinajstić information content (AvgIpc) is 3.06. The Morgan fingerprint density at radius 1 is 0.432 bits per heavy atom. The Morgan fingerprint density at radius 2 is 1.00 bits per heavy atom. The van der Waals surface area contributed by atoms with Crippen molar-refractivity contribution in [3.63, 3.8) is 0 Å². The fourth-order valence-corrected chi connectivity index (χ4v) is 7.07. The van der Waals surface area contributed by atoms with Crippen molar-refractivity contribution < 1.29 is 0 Å². The number of hydrogen-bond donors (Lipinski definition) is 0. The van der Waals surface area contributed by atoms with E-state index in [2.05, 4.69) is 176 Å². The van der Waals surface area contributed by atoms with Crippen molar-refractivity contribution in [1.29, 1.82) is 0 Å². The fourth-order valence-electron chi connectivity index (χ4n) is 7.07. The summed E-state index contributed by atoms with van der Waals surface area (Å²) in [7, 11) is 0. The lowest BCUT2D eigenvalue weighted by molar-refractivity contribution is 0.986. The van der Waals surface area contributed by atoms with E-state index in [9.17, 15) is 0 Å². The van der Waals surface area contributed by atoms with Gasteiger partial charge in [0.05, 0.1) is 5.69 Å². The molecule has 0 aromatic heterocycles. The number of para-hydroxylation sites is 1. The Balaban J connectivity index is 1.42. The number of hydrogen-bond acceptors (Lipinski definition) is 1. The molecule has 0 heterocycles. The number of nitrogens with zero attached hydrogens (tertiary/aromatic N) is 1. The van der Waals surface area contributed by atoms with E-state index < -0.39 is 0 Å². The third-order valence-corrected chi connectivity index (χ3v) is 9.01. The van der Waals surface area contributed by atoms with Gasteiger partial charge in [0.1, 0.15) is 0 Å². The highest BCUT2D eigenvalue weighted by molar-refractivity contribution is 6.26. The molecule has 0 radical (unpaired) electrons. The topological polar surface area (TPSA) is 3.24 Å². The van der Waals surface area contributed by atoms with Crippen molar-refractivity contribution in [3.05, 3.63) is 186 Å². The van der Waals surface area contributed by atoms with Crippen LogP contribution in [0.4, 0.5) is 17.1 Å². The third-order valence-electron chi connectivity index (χ3n) is 9.01. The summed E-state index contributed by atoms with van der Waals surface area (Å²) in [6.45, 7) is 4.35. The molecule has 1 unspecified atom stereocenters. The summed E-state index contributed by atoms with van der Waals surface area (Å²) in [5.41, 5.74) is 10.00. The standard InChI is InChI=1S/C43H33N/c1-29-11-9-15-34(27-29)41(31-13-5-3-6-14-31)37-23-19-32-21-25-39-40(26-22-33-20-24-38(37)42(32)43(33)39)44(35-16-7-4-8-17-35)36-18-10-12-30(2)28-36/h3-28,41H,1-2H3. The van der Waals surface area contributed by atoms with E-state index in [1.807, 2.05) is 0 Å². The number of benzene rings is 8. The SMILES string of the molecule is Cc1cccc(C(c2ccccc2)c2ccc3ccc4c(N(c5ccccc5)c5cccc(C)c5)ccc5ccc2c3c54)c1. The summed E-state index contributed by atoms with van der Waals surface area (Å²) in [4.78, 5) is 2.40. The highest BCUT2D eigenvalue weighted by Gasteiger charge is 2.23. The van der Waals surface area contributed by atoms with Gasteiger partial charge in [-0.3, -0.25) is 0 Å². The molecule has 0 saturated heterocycles. The molecule has 44 heavy (non-hydrogen) atoms. The van der Waals surface area contributed by atoms with Crippen molar-refractivity contribution in [2.24, 2.45) is 0 Å². The van der Waals surface area contributed by atoms with Crippen molar-refractivity contribution in [3.8, 4) is 0 Å². The van der Waals surface area contributed by atoms with E-state index in [4.69, 9.17) is 0 Å². The number of rotatable bonds is 6. The molecule has 0 saturated carbocycles. The zero-order chi connectivity index (χ0) is 29.6. The molecule has 1 heteroatoms. The molecule has 1 atom stereocenters. The van der Waals surface area contributed by atoms with E-state index in [1.54, 1.807) is 0 Å². The Hall–Kier alpha value is -5.40. The molecular weight excluding hydrogens is 530 g/mol. The van der Waals surface area contributed by atoms with Gasteiger partial charge in [-0.2, -0.15) is 0 Å². The lowest BCUT2D eigenvalue weighted by Gasteiger charge is -2.28. The lowest BCUT2D eigenvalue weighted by Crippen LogP contribution is -2.10. The van der Waals surface area contributed by atoms with E-state index in [-0.39, 0.29) is 5.92 Å². The van der Waals surface area contributed by atoms with Crippen LogP contribution in [-0.4, -0.2) is 0 Å². The molecule has 0 spiro atoms. The van der Waals surface area contributed by atoms with Gasteiger partial charge in [-0.25, -0.2) is 0 Å². The van der Waals surface area contributed by atoms with Gasteiger partial charge in [-0.1, -0.05) is 133 Å². The van der Waals surface area contributed by atoms with Crippen LogP contribution in [0.1, 0.15) is 33.7 Å². The molecule has 8 aromatic carbocycles. The van der Waals surface area contributed by atoms with Crippen LogP contribution in [0.3, 0.4) is 0 Å². The molecule has 0 aliphatic heterocycles. The first-order valence-electron chi connectivity index (χ1n) is 15.4. The first-order chi connectivity index (χ1) is 21.7. The summed E-state index contributed by atoms with van der Waals surface area (Å²) in [5.74, 6) is 0.133. The van der Waals surface area contributed by atoms with Crippen LogP contribution in [0.5, 0.6) is 0 Å². The van der Waals surface area contributed by atoms with Crippen molar-refractivity contribution in [2.75, 3.05) is 4.90 Å². The Bertz CT molecular complexity index is 2090. The molecule has 210 valence electrons. The molecule has 0 fully saturated rings. The van der Waals surface area contributed by atoms with E-state index in [1.165, 1.54) is 65.8 Å². The van der Waals surface area contributed by atoms with Crippen LogP contribution in [0.25, 0.3) is 32.3 Å². The summed E-state index contributed by atoms with van der Waals surface area (Å²) in [5, 5.41) is 7.78. The van der Waals surface area contributed by atoms with E-state index in [0.29, 0.717) is 0 Å². The average molecular weight is 564 g/mol. The van der Waals surface area contributed by atoms with Gasteiger partial charge in [0.2, 0.25) is 0 Å². The Kier molecular flexibility index (Phi) is 6.38. The normalized spacial score (nSPS) is 12.2. The van der Waals surface area contributed by atoms with Gasteiger partial charge in [-0.15, -0.1) is 0 Å². The minimum Gasteiger partial charge on any atom is -0.310 e. The number of aryl methyl sites for hydroxylation is 2. The maximum Gasteiger partial charge on any atom is 0.0540 e. The zero-order valence-corrected chi connectivity index (χ0v) is 25.0. The minimum atomic E-state index is 0.133. The van der Waals surface area contributed by atoms with Gasteiger partial charge in [-0.05, 0) is 93.4 Å². The van der Waals surface area contributed by atoms with Crippen LogP contribution in [0.2, 0.25) is 0 Å². The molecule has 8 aromatic rings. The van der Waals surface area contributed by atoms with Gasteiger partial charge in [0, 0.05) is 22.7 Å². The van der Waals surface area contributed by atoms with Gasteiger partial charge >= 0.3 is 0 Å². The number of anilines is 3. The Morgan fingerprint density at radius 3 is 1.73 bits per heavy atom. The fraction of sp³-hybridized carbons (Fsp3) is 0.0698. The summed E-state index contributed by atoms with van der Waals surface area (Å²) < 4.78 is 0. The van der Waals surface area contributed by atoms with Gasteiger partial charge in [0.15, 0.2) is 0 Å². The first kappa shape index (κ1) is 26.2. The minimum absolute atomic E-state index is 0.133. The molecule has 0 bridgehead atoms. The first-order valence-corrected chi connectivity index (χ1v) is 15.4. The molecule has 0 amide bonds. The second-order valence-electron chi connectivity index (χ2n) is 11.9. The smallest absolute Gasteiger partial charge is 0.0540 e. The van der Waals surface area contributed by atoms with Crippen LogP contribution in [0.15, 0.2) is 158 Å². The quantitative estimate of drug-likeness (QED) is 0.144. The largest absolute Gasteiger partial charge is 0.310 e. The van der Waals surface area contributed by atoms with Crippen LogP contribution in [-0.2, 0) is 0 Å². The van der Waals surface area contributed by atoms with E-state index >= 15 is 0 Å². The molecule has 0 N–H and O–H groups in total. The summed E-state index contributed by atoms with van der Waals surface area (Å²) >= 11 is 0. The molecule has 0 aliphatic rings. The predicted molar refractivity (Wildman–Crippen MR) is 188 cm³/mol. The van der Waals surface area contributed by atoms with Crippen LogP contribution in [0, 0.1) is 13.8 Å². The summed E-state index contributed by atoms with van der Waals surface area (Å²) in [6, 6.07) is 58.0. The third kappa shape index (κ3) is 4.41. The molecular formula is C43H33N. The van der Waals surface area contributed by atoms with Gasteiger partial charge < -0.3 is 4.90 Å². The van der Waals surface area contributed by atoms with Gasteiger partial charge in [0.25, 0.3) is 0 Å². The van der Waals surface area contributed by atoms with Crippen LogP contribution < -0.4 is 4.90 Å². The highest BCUT2D eigenvalue weighted by atomic mass is 15.1. The lowest BCUT2D eigenvalue weighted by atomic mass is 9.80. The summed E-state index contributed by atoms with van der Waals surface area (Å²) in [6.07, 6.45) is 0. The van der Waals surface area contributed by atoms with Crippen molar-refractivity contribution in [1.82, 2.24) is 0 Å². The molecule has 8 rings (SSSR count). The highest BCUT2D eigenvalue weighted by Crippen LogP contribution is 2.46. The maximum atomic E-state index is 2.40. The van der Waals surface area contributed by atoms with E-state index in [0.717, 1.165) is 11.4 Å². The maximum absolute atomic E-state index is 2.40. The molecule has 0 aliphatic carbocycles. The van der Waals surface area contributed by atoms with Crippen molar-refractivity contribution in [2.45, 2.75) is 19.8 Å². The van der Waals surface area contributed by atoms with Crippen LogP contribution >= 0.6 is 0 Å².